The highest BCUT2D eigenvalue weighted by atomic mass is 15.1. The molecule has 12 rings (SSSR count). The van der Waals surface area contributed by atoms with Crippen molar-refractivity contribution in [3.05, 3.63) is 229 Å². The number of benzene rings is 10. The lowest BCUT2D eigenvalue weighted by Crippen LogP contribution is -2.24. The molecule has 296 valence electrons. The minimum absolute atomic E-state index is 0.274. The van der Waals surface area contributed by atoms with Crippen molar-refractivity contribution in [3.8, 4) is 22.3 Å². The molecule has 0 saturated carbocycles. The number of nitrogens with zero attached hydrogens (tertiary/aromatic N) is 2. The van der Waals surface area contributed by atoms with Crippen molar-refractivity contribution < 1.29 is 0 Å². The van der Waals surface area contributed by atoms with Gasteiger partial charge in [0, 0.05) is 45.0 Å². The number of hydrogen-bond donors (Lipinski definition) is 0. The second-order valence-electron chi connectivity index (χ2n) is 18.2. The van der Waals surface area contributed by atoms with Gasteiger partial charge in [-0.2, -0.15) is 0 Å². The van der Waals surface area contributed by atoms with Crippen LogP contribution in [0.3, 0.4) is 0 Å². The van der Waals surface area contributed by atoms with E-state index < -0.39 is 0 Å². The van der Waals surface area contributed by atoms with Crippen LogP contribution in [-0.2, 0) is 10.8 Å². The van der Waals surface area contributed by atoms with E-state index in [4.69, 9.17) is 0 Å². The van der Waals surface area contributed by atoms with E-state index in [1.165, 1.54) is 76.8 Å². The van der Waals surface area contributed by atoms with Gasteiger partial charge in [0.15, 0.2) is 0 Å². The highest BCUT2D eigenvalue weighted by molar-refractivity contribution is 6.13. The maximum Gasteiger partial charge on any atom is 0.0468 e. The van der Waals surface area contributed by atoms with Crippen LogP contribution in [0.25, 0.3) is 54.6 Å². The fourth-order valence-electron chi connectivity index (χ4n) is 11.0. The van der Waals surface area contributed by atoms with Gasteiger partial charge in [-0.15, -0.1) is 0 Å². The minimum atomic E-state index is -0.274. The Morgan fingerprint density at radius 2 is 0.629 bits per heavy atom. The number of fused-ring (bicyclic) bond motifs is 12. The van der Waals surface area contributed by atoms with Crippen molar-refractivity contribution in [2.45, 2.75) is 38.5 Å². The predicted molar refractivity (Wildman–Crippen MR) is 263 cm³/mol. The third-order valence-electron chi connectivity index (χ3n) is 13.9. The summed E-state index contributed by atoms with van der Waals surface area (Å²) in [7, 11) is 0. The van der Waals surface area contributed by atoms with Crippen LogP contribution in [0.15, 0.2) is 206 Å². The summed E-state index contributed by atoms with van der Waals surface area (Å²) >= 11 is 0. The summed E-state index contributed by atoms with van der Waals surface area (Å²) in [5.41, 5.74) is 17.4. The van der Waals surface area contributed by atoms with E-state index in [0.717, 1.165) is 34.1 Å². The Kier molecular flexibility index (Phi) is 7.96. The first-order valence-electron chi connectivity index (χ1n) is 21.8. The molecule has 0 aromatic heterocycles. The Hall–Kier alpha value is -7.42. The summed E-state index contributed by atoms with van der Waals surface area (Å²) in [6.07, 6.45) is 0. The molecule has 2 nitrogen and oxygen atoms in total. The number of hydrogen-bond acceptors (Lipinski definition) is 2. The SMILES string of the molecule is CC1(C)c2cc(N(c3ccccc3)c3ccc4ccccc4c3)ccc2-c2c1c1c(c3ccccc23)-c2ccc(N(c3ccccc3)c3ccc4ccccc4c3)cc2C1(C)C. The summed E-state index contributed by atoms with van der Waals surface area (Å²) < 4.78 is 0. The lowest BCUT2D eigenvalue weighted by atomic mass is 9.71. The summed E-state index contributed by atoms with van der Waals surface area (Å²) in [5.74, 6) is 0. The van der Waals surface area contributed by atoms with Crippen molar-refractivity contribution >= 4 is 66.4 Å². The first kappa shape index (κ1) is 36.4. The fraction of sp³-hybridized carbons (Fsp3) is 0.100. The van der Waals surface area contributed by atoms with E-state index in [2.05, 4.69) is 244 Å². The molecule has 0 heterocycles. The van der Waals surface area contributed by atoms with Crippen LogP contribution in [0.2, 0.25) is 0 Å². The van der Waals surface area contributed by atoms with Gasteiger partial charge in [-0.25, -0.2) is 0 Å². The number of para-hydroxylation sites is 2. The summed E-state index contributed by atoms with van der Waals surface area (Å²) in [4.78, 5) is 4.84. The third kappa shape index (κ3) is 5.36. The quantitative estimate of drug-likeness (QED) is 0.165. The average Bonchev–Trinajstić information content (AvgIpc) is 3.69. The van der Waals surface area contributed by atoms with Crippen molar-refractivity contribution in [2.24, 2.45) is 0 Å². The zero-order valence-corrected chi connectivity index (χ0v) is 35.5. The molecule has 2 aliphatic carbocycles. The highest BCUT2D eigenvalue weighted by Crippen LogP contribution is 2.63. The molecule has 10 aromatic carbocycles. The van der Waals surface area contributed by atoms with Gasteiger partial charge in [-0.05, 0) is 150 Å². The van der Waals surface area contributed by atoms with Gasteiger partial charge in [-0.3, -0.25) is 0 Å². The van der Waals surface area contributed by atoms with Gasteiger partial charge >= 0.3 is 0 Å². The van der Waals surface area contributed by atoms with E-state index >= 15 is 0 Å². The Bertz CT molecular complexity index is 3190. The Morgan fingerprint density at radius 1 is 0.290 bits per heavy atom. The molecule has 0 spiro atoms. The molecular weight excluding hydrogens is 749 g/mol. The lowest BCUT2D eigenvalue weighted by Gasteiger charge is -2.32. The molecule has 0 amide bonds. The molecule has 0 radical (unpaired) electrons. The first-order chi connectivity index (χ1) is 30.3. The first-order valence-corrected chi connectivity index (χ1v) is 21.8. The molecule has 0 bridgehead atoms. The summed E-state index contributed by atoms with van der Waals surface area (Å²) in [6.45, 7) is 9.84. The van der Waals surface area contributed by atoms with Crippen molar-refractivity contribution in [3.63, 3.8) is 0 Å². The molecule has 62 heavy (non-hydrogen) atoms. The second-order valence-corrected chi connectivity index (χ2v) is 18.2. The molecule has 2 aliphatic rings. The van der Waals surface area contributed by atoms with Crippen LogP contribution < -0.4 is 9.80 Å². The van der Waals surface area contributed by atoms with Crippen LogP contribution in [0, 0.1) is 0 Å². The number of anilines is 6. The van der Waals surface area contributed by atoms with Crippen LogP contribution in [0.5, 0.6) is 0 Å². The highest BCUT2D eigenvalue weighted by Gasteiger charge is 2.47. The smallest absolute Gasteiger partial charge is 0.0468 e. The van der Waals surface area contributed by atoms with Crippen molar-refractivity contribution in [1.29, 1.82) is 0 Å². The maximum absolute atomic E-state index is 2.48. The van der Waals surface area contributed by atoms with E-state index in [9.17, 15) is 0 Å². The molecular formula is C60H46N2. The van der Waals surface area contributed by atoms with Crippen molar-refractivity contribution in [1.82, 2.24) is 0 Å². The van der Waals surface area contributed by atoms with Gasteiger partial charge in [-0.1, -0.05) is 161 Å². The van der Waals surface area contributed by atoms with Crippen LogP contribution in [-0.4, -0.2) is 0 Å². The zero-order valence-electron chi connectivity index (χ0n) is 35.5. The van der Waals surface area contributed by atoms with E-state index in [0.29, 0.717) is 0 Å². The van der Waals surface area contributed by atoms with Gasteiger partial charge in [0.25, 0.3) is 0 Å². The normalized spacial score (nSPS) is 14.1. The molecule has 0 atom stereocenters. The standard InChI is InChI=1S/C60H46N2/c1-59(2)53-37-47(61(43-21-7-5-8-22-43)45-29-27-39-17-11-13-19-41(39)35-45)31-33-51(53)55-49-25-15-16-26-50(49)56-52-34-32-48(38-54(52)60(3,4)58(56)57(55)59)62(44-23-9-6-10-24-44)46-30-28-40-18-12-14-20-42(40)36-46/h5-38H,1-4H3. The van der Waals surface area contributed by atoms with Crippen LogP contribution in [0.4, 0.5) is 34.1 Å². The van der Waals surface area contributed by atoms with Crippen LogP contribution in [0.1, 0.15) is 49.9 Å². The Labute approximate surface area is 364 Å². The van der Waals surface area contributed by atoms with Crippen molar-refractivity contribution in [2.75, 3.05) is 9.80 Å². The van der Waals surface area contributed by atoms with E-state index in [-0.39, 0.29) is 10.8 Å². The van der Waals surface area contributed by atoms with E-state index in [1.54, 1.807) is 0 Å². The zero-order chi connectivity index (χ0) is 41.7. The molecule has 0 aliphatic heterocycles. The predicted octanol–water partition coefficient (Wildman–Crippen LogP) is 16.7. The van der Waals surface area contributed by atoms with Crippen LogP contribution >= 0.6 is 0 Å². The molecule has 0 N–H and O–H groups in total. The maximum atomic E-state index is 2.48. The molecule has 10 aromatic rings. The van der Waals surface area contributed by atoms with Gasteiger partial charge in [0.2, 0.25) is 0 Å². The monoisotopic (exact) mass is 794 g/mol. The fourth-order valence-corrected chi connectivity index (χ4v) is 11.0. The molecule has 0 saturated heterocycles. The Balaban J connectivity index is 1.04. The molecule has 0 fully saturated rings. The summed E-state index contributed by atoms with van der Waals surface area (Å²) in [5, 5.41) is 7.60. The van der Waals surface area contributed by atoms with Gasteiger partial charge in [0.05, 0.1) is 0 Å². The summed E-state index contributed by atoms with van der Waals surface area (Å²) in [6, 6.07) is 76.1. The largest absolute Gasteiger partial charge is 0.310 e. The third-order valence-corrected chi connectivity index (χ3v) is 13.9. The molecule has 0 unspecified atom stereocenters. The second kappa shape index (κ2) is 13.5. The lowest BCUT2D eigenvalue weighted by molar-refractivity contribution is 0.602. The van der Waals surface area contributed by atoms with Gasteiger partial charge in [0.1, 0.15) is 0 Å². The number of rotatable bonds is 6. The average molecular weight is 795 g/mol. The molecule has 2 heteroatoms. The van der Waals surface area contributed by atoms with Gasteiger partial charge < -0.3 is 9.80 Å². The van der Waals surface area contributed by atoms with E-state index in [1.807, 2.05) is 0 Å². The topological polar surface area (TPSA) is 6.48 Å². The Morgan fingerprint density at radius 3 is 1.05 bits per heavy atom. The minimum Gasteiger partial charge on any atom is -0.310 e.